The molecule has 196 valence electrons. The first-order valence-corrected chi connectivity index (χ1v) is 12.0. The number of nitriles is 1. The van der Waals surface area contributed by atoms with Gasteiger partial charge in [-0.15, -0.1) is 0 Å². The lowest BCUT2D eigenvalue weighted by molar-refractivity contribution is -0.139. The number of nitrogens with one attached hydrogen (secondary N) is 1. The van der Waals surface area contributed by atoms with E-state index in [9.17, 15) is 19.6 Å². The Labute approximate surface area is 225 Å². The summed E-state index contributed by atoms with van der Waals surface area (Å²) in [5.41, 5.74) is 8.49. The van der Waals surface area contributed by atoms with Crippen molar-refractivity contribution < 1.29 is 23.9 Å². The normalized spacial score (nSPS) is 14.9. The molecule has 1 aliphatic rings. The maximum absolute atomic E-state index is 13.5. The molecule has 1 amide bonds. The Morgan fingerprint density at radius 2 is 1.51 bits per heavy atom. The molecule has 0 aromatic heterocycles. The number of rotatable bonds is 6. The van der Waals surface area contributed by atoms with Crippen LogP contribution < -0.4 is 16.0 Å². The van der Waals surface area contributed by atoms with Crippen molar-refractivity contribution in [3.05, 3.63) is 118 Å². The smallest absolute Gasteiger partial charge is 0.355 e. The zero-order chi connectivity index (χ0) is 28.1. The standard InChI is InChI=1S/C30H26N4O5/c1-18-11-7-9-15-22(18)33-28(35)20-14-8-10-16-23(20)34-26(30(37)39-3)25(29(36)38-2)24(21(17-31)27(34)32)19-12-5-4-6-13-19/h4-16,24H,32H2,1-3H3,(H,33,35). The SMILES string of the molecule is COC(=O)C1=C(C(=O)OC)N(c2ccccc2C(=O)Nc2ccccc2C)C(N)=C(C#N)C1c1ccccc1. The Hall–Kier alpha value is -5.36. The number of methoxy groups -OCH3 is 2. The summed E-state index contributed by atoms with van der Waals surface area (Å²) in [4.78, 5) is 41.3. The highest BCUT2D eigenvalue weighted by Gasteiger charge is 2.43. The van der Waals surface area contributed by atoms with Crippen LogP contribution in [0.1, 0.15) is 27.4 Å². The molecule has 1 heterocycles. The second-order valence-electron chi connectivity index (χ2n) is 8.62. The van der Waals surface area contributed by atoms with Crippen molar-refractivity contribution in [1.29, 1.82) is 5.26 Å². The molecule has 0 radical (unpaired) electrons. The number of hydrogen-bond donors (Lipinski definition) is 2. The fraction of sp³-hybridized carbons (Fsp3) is 0.133. The second-order valence-corrected chi connectivity index (χ2v) is 8.62. The molecule has 3 aromatic carbocycles. The molecular weight excluding hydrogens is 496 g/mol. The van der Waals surface area contributed by atoms with E-state index < -0.39 is 23.8 Å². The van der Waals surface area contributed by atoms with Crippen LogP contribution in [0.5, 0.6) is 0 Å². The lowest BCUT2D eigenvalue weighted by atomic mass is 9.80. The molecule has 0 spiro atoms. The summed E-state index contributed by atoms with van der Waals surface area (Å²) in [7, 11) is 2.34. The number of allylic oxidation sites excluding steroid dienone is 1. The Morgan fingerprint density at radius 3 is 2.15 bits per heavy atom. The predicted octanol–water partition coefficient (Wildman–Crippen LogP) is 4.15. The summed E-state index contributed by atoms with van der Waals surface area (Å²) >= 11 is 0. The van der Waals surface area contributed by atoms with E-state index in [1.807, 2.05) is 19.1 Å². The monoisotopic (exact) mass is 522 g/mol. The van der Waals surface area contributed by atoms with E-state index in [0.29, 0.717) is 11.3 Å². The van der Waals surface area contributed by atoms with Gasteiger partial charge in [-0.1, -0.05) is 60.7 Å². The van der Waals surface area contributed by atoms with Crippen molar-refractivity contribution in [1.82, 2.24) is 0 Å². The molecule has 3 aromatic rings. The Balaban J connectivity index is 1.98. The largest absolute Gasteiger partial charge is 0.466 e. The van der Waals surface area contributed by atoms with Gasteiger partial charge in [0, 0.05) is 5.69 Å². The van der Waals surface area contributed by atoms with Gasteiger partial charge in [-0.05, 0) is 36.2 Å². The highest BCUT2D eigenvalue weighted by molar-refractivity contribution is 6.11. The maximum Gasteiger partial charge on any atom is 0.355 e. The highest BCUT2D eigenvalue weighted by atomic mass is 16.5. The molecule has 0 saturated heterocycles. The van der Waals surface area contributed by atoms with E-state index in [1.165, 1.54) is 12.0 Å². The molecule has 0 aliphatic carbocycles. The Kier molecular flexibility index (Phi) is 7.77. The van der Waals surface area contributed by atoms with E-state index in [-0.39, 0.29) is 33.9 Å². The molecule has 39 heavy (non-hydrogen) atoms. The molecule has 0 saturated carbocycles. The number of ether oxygens (including phenoxy) is 2. The number of aryl methyl sites for hydroxylation is 1. The van der Waals surface area contributed by atoms with Crippen LogP contribution in [0.4, 0.5) is 11.4 Å². The van der Waals surface area contributed by atoms with Gasteiger partial charge in [0.25, 0.3) is 5.91 Å². The number of hydrogen-bond acceptors (Lipinski definition) is 8. The van der Waals surface area contributed by atoms with E-state index in [1.54, 1.807) is 66.7 Å². The molecule has 1 aliphatic heterocycles. The molecule has 1 atom stereocenters. The van der Waals surface area contributed by atoms with Gasteiger partial charge in [-0.2, -0.15) is 5.26 Å². The molecule has 9 nitrogen and oxygen atoms in total. The number of nitrogens with zero attached hydrogens (tertiary/aromatic N) is 2. The van der Waals surface area contributed by atoms with Gasteiger partial charge in [0.15, 0.2) is 0 Å². The van der Waals surface area contributed by atoms with Gasteiger partial charge in [0.1, 0.15) is 11.5 Å². The van der Waals surface area contributed by atoms with Crippen molar-refractivity contribution in [3.8, 4) is 6.07 Å². The number of carbonyl (C=O) groups excluding carboxylic acids is 3. The van der Waals surface area contributed by atoms with Gasteiger partial charge in [-0.3, -0.25) is 9.69 Å². The summed E-state index contributed by atoms with van der Waals surface area (Å²) in [6, 6.07) is 24.5. The van der Waals surface area contributed by atoms with Crippen LogP contribution in [0.2, 0.25) is 0 Å². The number of amides is 1. The van der Waals surface area contributed by atoms with Gasteiger partial charge in [0.05, 0.1) is 48.6 Å². The Morgan fingerprint density at radius 1 is 0.897 bits per heavy atom. The van der Waals surface area contributed by atoms with Crippen LogP contribution >= 0.6 is 0 Å². The van der Waals surface area contributed by atoms with Gasteiger partial charge >= 0.3 is 11.9 Å². The molecule has 0 fully saturated rings. The third kappa shape index (κ3) is 4.95. The zero-order valence-electron chi connectivity index (χ0n) is 21.6. The summed E-state index contributed by atoms with van der Waals surface area (Å²) in [5, 5.41) is 13.1. The topological polar surface area (TPSA) is 135 Å². The average molecular weight is 523 g/mol. The molecular formula is C30H26N4O5. The molecule has 1 unspecified atom stereocenters. The minimum absolute atomic E-state index is 0.00312. The van der Waals surface area contributed by atoms with E-state index in [2.05, 4.69) is 11.4 Å². The van der Waals surface area contributed by atoms with Crippen molar-refractivity contribution in [2.24, 2.45) is 5.73 Å². The number of anilines is 2. The number of para-hydroxylation sites is 2. The lowest BCUT2D eigenvalue weighted by Gasteiger charge is -2.36. The van der Waals surface area contributed by atoms with Crippen LogP contribution in [-0.2, 0) is 19.1 Å². The number of esters is 2. The minimum Gasteiger partial charge on any atom is -0.466 e. The molecule has 9 heteroatoms. The Bertz CT molecular complexity index is 1550. The number of benzene rings is 3. The summed E-state index contributed by atoms with van der Waals surface area (Å²) < 4.78 is 10.1. The van der Waals surface area contributed by atoms with Crippen LogP contribution in [0.15, 0.2) is 102 Å². The van der Waals surface area contributed by atoms with Crippen LogP contribution in [0, 0.1) is 18.3 Å². The first-order valence-electron chi connectivity index (χ1n) is 12.0. The van der Waals surface area contributed by atoms with E-state index in [4.69, 9.17) is 15.2 Å². The highest BCUT2D eigenvalue weighted by Crippen LogP contribution is 2.44. The van der Waals surface area contributed by atoms with Crippen LogP contribution in [0.3, 0.4) is 0 Å². The second kappa shape index (κ2) is 11.4. The van der Waals surface area contributed by atoms with Gasteiger partial charge in [-0.25, -0.2) is 9.59 Å². The quantitative estimate of drug-likeness (QED) is 0.461. The van der Waals surface area contributed by atoms with E-state index in [0.717, 1.165) is 12.7 Å². The molecule has 0 bridgehead atoms. The van der Waals surface area contributed by atoms with Gasteiger partial charge in [0.2, 0.25) is 0 Å². The minimum atomic E-state index is -1.01. The average Bonchev–Trinajstić information content (AvgIpc) is 2.97. The fourth-order valence-corrected chi connectivity index (χ4v) is 4.53. The summed E-state index contributed by atoms with van der Waals surface area (Å²) in [6.07, 6.45) is 0. The summed E-state index contributed by atoms with van der Waals surface area (Å²) in [5.74, 6) is -3.38. The van der Waals surface area contributed by atoms with Gasteiger partial charge < -0.3 is 20.5 Å². The molecule has 4 rings (SSSR count). The van der Waals surface area contributed by atoms with Crippen LogP contribution in [0.25, 0.3) is 0 Å². The first-order chi connectivity index (χ1) is 18.8. The molecule has 3 N–H and O–H groups in total. The lowest BCUT2D eigenvalue weighted by Crippen LogP contribution is -2.41. The third-order valence-electron chi connectivity index (χ3n) is 6.39. The summed E-state index contributed by atoms with van der Waals surface area (Å²) in [6.45, 7) is 1.86. The third-order valence-corrected chi connectivity index (χ3v) is 6.39. The predicted molar refractivity (Wildman–Crippen MR) is 145 cm³/mol. The van der Waals surface area contributed by atoms with E-state index >= 15 is 0 Å². The number of carbonyl (C=O) groups is 3. The van der Waals surface area contributed by atoms with Crippen molar-refractivity contribution in [2.45, 2.75) is 12.8 Å². The zero-order valence-corrected chi connectivity index (χ0v) is 21.6. The fourth-order valence-electron chi connectivity index (χ4n) is 4.53. The maximum atomic E-state index is 13.5. The van der Waals surface area contributed by atoms with Crippen LogP contribution in [-0.4, -0.2) is 32.1 Å². The van der Waals surface area contributed by atoms with Crippen molar-refractivity contribution in [3.63, 3.8) is 0 Å². The van der Waals surface area contributed by atoms with Crippen molar-refractivity contribution in [2.75, 3.05) is 24.4 Å². The van der Waals surface area contributed by atoms with Crippen molar-refractivity contribution >= 4 is 29.2 Å². The first kappa shape index (κ1) is 26.7. The number of nitrogens with two attached hydrogens (primary N) is 1.